The lowest BCUT2D eigenvalue weighted by Gasteiger charge is -2.35. The van der Waals surface area contributed by atoms with Crippen LogP contribution in [0.2, 0.25) is 0 Å². The maximum Gasteiger partial charge on any atom is 0.326 e. The fourth-order valence-corrected chi connectivity index (χ4v) is 2.63. The summed E-state index contributed by atoms with van der Waals surface area (Å²) < 4.78 is 0. The number of carboxylic acid groups (broad SMARTS) is 1. The molecule has 1 saturated heterocycles. The Morgan fingerprint density at radius 1 is 1.13 bits per heavy atom. The Morgan fingerprint density at radius 3 is 2.26 bits per heavy atom. The highest BCUT2D eigenvalue weighted by Gasteiger charge is 2.25. The number of rotatable bonds is 6. The summed E-state index contributed by atoms with van der Waals surface area (Å²) in [5.74, 6) is -1.12. The number of likely N-dealkylation sites (N-methyl/N-ethyl adjacent to an activating group) is 1. The second-order valence-corrected chi connectivity index (χ2v) is 6.06. The minimum absolute atomic E-state index is 0.142. The molecule has 23 heavy (non-hydrogen) atoms. The molecule has 6 nitrogen and oxygen atoms in total. The van der Waals surface area contributed by atoms with E-state index in [0.29, 0.717) is 0 Å². The standard InChI is InChI=1S/C17H25N3O3/c1-14(17(22)23)18(2)16(21)13-20-10-8-19(9-11-20)12-15-6-4-3-5-7-15/h3-7,14H,8-13H2,1-2H3,(H,22,23). The van der Waals surface area contributed by atoms with Gasteiger partial charge in [-0.25, -0.2) is 4.79 Å². The molecule has 1 aliphatic rings. The molecule has 6 heteroatoms. The predicted octanol–water partition coefficient (Wildman–Crippen LogP) is 0.736. The molecule has 1 heterocycles. The Hall–Kier alpha value is -1.92. The third-order valence-corrected chi connectivity index (χ3v) is 4.40. The molecule has 2 rings (SSSR count). The second kappa shape index (κ2) is 8.08. The van der Waals surface area contributed by atoms with Gasteiger partial charge >= 0.3 is 5.97 Å². The monoisotopic (exact) mass is 319 g/mol. The Kier molecular flexibility index (Phi) is 6.12. The summed E-state index contributed by atoms with van der Waals surface area (Å²) in [4.78, 5) is 28.8. The molecular weight excluding hydrogens is 294 g/mol. The highest BCUT2D eigenvalue weighted by atomic mass is 16.4. The van der Waals surface area contributed by atoms with Crippen molar-refractivity contribution in [2.24, 2.45) is 0 Å². The number of carboxylic acids is 1. The highest BCUT2D eigenvalue weighted by molar-refractivity contribution is 5.84. The van der Waals surface area contributed by atoms with E-state index in [1.807, 2.05) is 18.2 Å². The molecule has 1 atom stereocenters. The Morgan fingerprint density at radius 2 is 1.70 bits per heavy atom. The minimum Gasteiger partial charge on any atom is -0.480 e. The molecular formula is C17H25N3O3. The first-order valence-electron chi connectivity index (χ1n) is 7.94. The number of nitrogens with zero attached hydrogens (tertiary/aromatic N) is 3. The third kappa shape index (κ3) is 5.04. The number of aliphatic carboxylic acids is 1. The van der Waals surface area contributed by atoms with Gasteiger partial charge in [-0.1, -0.05) is 30.3 Å². The minimum atomic E-state index is -0.978. The lowest BCUT2D eigenvalue weighted by Crippen LogP contribution is -2.51. The van der Waals surface area contributed by atoms with Crippen LogP contribution in [0.5, 0.6) is 0 Å². The zero-order valence-electron chi connectivity index (χ0n) is 13.8. The van der Waals surface area contributed by atoms with Crippen LogP contribution in [0.15, 0.2) is 30.3 Å². The fraction of sp³-hybridized carbons (Fsp3) is 0.529. The van der Waals surface area contributed by atoms with Crippen molar-refractivity contribution in [1.82, 2.24) is 14.7 Å². The van der Waals surface area contributed by atoms with Gasteiger partial charge in [0.15, 0.2) is 0 Å². The molecule has 0 radical (unpaired) electrons. The summed E-state index contributed by atoms with van der Waals surface area (Å²) in [5.41, 5.74) is 1.30. The van der Waals surface area contributed by atoms with Crippen LogP contribution < -0.4 is 0 Å². The van der Waals surface area contributed by atoms with Crippen molar-refractivity contribution < 1.29 is 14.7 Å². The number of carbonyl (C=O) groups is 2. The predicted molar refractivity (Wildman–Crippen MR) is 88.0 cm³/mol. The average Bonchev–Trinajstić information content (AvgIpc) is 2.56. The average molecular weight is 319 g/mol. The number of hydrogen-bond acceptors (Lipinski definition) is 4. The first kappa shape index (κ1) is 17.4. The Balaban J connectivity index is 1.76. The van der Waals surface area contributed by atoms with E-state index in [1.165, 1.54) is 17.4 Å². The molecule has 1 aromatic carbocycles. The summed E-state index contributed by atoms with van der Waals surface area (Å²) in [6, 6.07) is 9.56. The van der Waals surface area contributed by atoms with Gasteiger partial charge in [-0.05, 0) is 12.5 Å². The Bertz CT molecular complexity index is 527. The van der Waals surface area contributed by atoms with Crippen LogP contribution in [0.3, 0.4) is 0 Å². The summed E-state index contributed by atoms with van der Waals surface area (Å²) in [6.45, 7) is 6.23. The van der Waals surface area contributed by atoms with Crippen LogP contribution in [-0.2, 0) is 16.1 Å². The lowest BCUT2D eigenvalue weighted by molar-refractivity contribution is -0.148. The first-order valence-corrected chi connectivity index (χ1v) is 7.94. The topological polar surface area (TPSA) is 64.1 Å². The zero-order chi connectivity index (χ0) is 16.8. The van der Waals surface area contributed by atoms with Crippen LogP contribution in [-0.4, -0.2) is 77.5 Å². The van der Waals surface area contributed by atoms with Crippen molar-refractivity contribution in [2.75, 3.05) is 39.8 Å². The van der Waals surface area contributed by atoms with Crippen LogP contribution in [0.1, 0.15) is 12.5 Å². The third-order valence-electron chi connectivity index (χ3n) is 4.40. The van der Waals surface area contributed by atoms with E-state index in [2.05, 4.69) is 21.9 Å². The van der Waals surface area contributed by atoms with E-state index in [4.69, 9.17) is 5.11 Å². The largest absolute Gasteiger partial charge is 0.480 e. The van der Waals surface area contributed by atoms with Gasteiger partial charge in [0, 0.05) is 39.8 Å². The SMILES string of the molecule is CC(C(=O)O)N(C)C(=O)CN1CCN(Cc2ccccc2)CC1. The molecule has 1 amide bonds. The number of hydrogen-bond donors (Lipinski definition) is 1. The zero-order valence-corrected chi connectivity index (χ0v) is 13.8. The molecule has 0 aliphatic carbocycles. The van der Waals surface area contributed by atoms with E-state index in [9.17, 15) is 9.59 Å². The normalized spacial score (nSPS) is 17.7. The summed E-state index contributed by atoms with van der Waals surface area (Å²) in [7, 11) is 1.55. The van der Waals surface area contributed by atoms with Gasteiger partial charge in [0.05, 0.1) is 6.54 Å². The maximum atomic E-state index is 12.1. The van der Waals surface area contributed by atoms with Crippen LogP contribution in [0.4, 0.5) is 0 Å². The molecule has 1 aliphatic heterocycles. The van der Waals surface area contributed by atoms with E-state index < -0.39 is 12.0 Å². The molecule has 1 aromatic rings. The molecule has 0 saturated carbocycles. The quantitative estimate of drug-likeness (QED) is 0.838. The van der Waals surface area contributed by atoms with E-state index in [1.54, 1.807) is 7.05 Å². The van der Waals surface area contributed by atoms with Gasteiger partial charge in [0.1, 0.15) is 6.04 Å². The number of carbonyl (C=O) groups excluding carboxylic acids is 1. The van der Waals surface area contributed by atoms with Crippen molar-refractivity contribution in [3.63, 3.8) is 0 Å². The van der Waals surface area contributed by atoms with E-state index in [-0.39, 0.29) is 12.5 Å². The first-order chi connectivity index (χ1) is 11.0. The van der Waals surface area contributed by atoms with Crippen LogP contribution >= 0.6 is 0 Å². The summed E-state index contributed by atoms with van der Waals surface area (Å²) in [5, 5.41) is 8.97. The van der Waals surface area contributed by atoms with Gasteiger partial charge < -0.3 is 10.0 Å². The summed E-state index contributed by atoms with van der Waals surface area (Å²) >= 11 is 0. The van der Waals surface area contributed by atoms with Crippen molar-refractivity contribution in [3.05, 3.63) is 35.9 Å². The highest BCUT2D eigenvalue weighted by Crippen LogP contribution is 2.09. The molecule has 1 N–H and O–H groups in total. The van der Waals surface area contributed by atoms with Crippen molar-refractivity contribution in [2.45, 2.75) is 19.5 Å². The van der Waals surface area contributed by atoms with Crippen molar-refractivity contribution in [3.8, 4) is 0 Å². The lowest BCUT2D eigenvalue weighted by atomic mass is 10.2. The number of piperazine rings is 1. The Labute approximate surface area is 137 Å². The molecule has 1 fully saturated rings. The number of amides is 1. The molecule has 0 spiro atoms. The van der Waals surface area contributed by atoms with Gasteiger partial charge in [0.25, 0.3) is 0 Å². The number of benzene rings is 1. The fourth-order valence-electron chi connectivity index (χ4n) is 2.63. The van der Waals surface area contributed by atoms with E-state index in [0.717, 1.165) is 32.7 Å². The maximum absolute atomic E-state index is 12.1. The van der Waals surface area contributed by atoms with E-state index >= 15 is 0 Å². The smallest absolute Gasteiger partial charge is 0.326 e. The molecule has 0 bridgehead atoms. The summed E-state index contributed by atoms with van der Waals surface area (Å²) in [6.07, 6.45) is 0. The second-order valence-electron chi connectivity index (χ2n) is 6.06. The van der Waals surface area contributed by atoms with Crippen LogP contribution in [0, 0.1) is 0 Å². The van der Waals surface area contributed by atoms with Crippen molar-refractivity contribution >= 4 is 11.9 Å². The molecule has 1 unspecified atom stereocenters. The van der Waals surface area contributed by atoms with Crippen LogP contribution in [0.25, 0.3) is 0 Å². The van der Waals surface area contributed by atoms with Crippen molar-refractivity contribution in [1.29, 1.82) is 0 Å². The molecule has 0 aromatic heterocycles. The van der Waals surface area contributed by atoms with Gasteiger partial charge in [-0.2, -0.15) is 0 Å². The molecule has 126 valence electrons. The van der Waals surface area contributed by atoms with Gasteiger partial charge in [-0.3, -0.25) is 14.6 Å². The van der Waals surface area contributed by atoms with Gasteiger partial charge in [-0.15, -0.1) is 0 Å². The van der Waals surface area contributed by atoms with Gasteiger partial charge in [0.2, 0.25) is 5.91 Å².